The predicted octanol–water partition coefficient (Wildman–Crippen LogP) is 0.440. The summed E-state index contributed by atoms with van der Waals surface area (Å²) >= 11 is 0. The number of benzene rings is 1. The smallest absolute Gasteiger partial charge is 0.260 e. The second-order valence-corrected chi connectivity index (χ2v) is 3.94. The van der Waals surface area contributed by atoms with Gasteiger partial charge < -0.3 is 10.5 Å². The highest BCUT2D eigenvalue weighted by atomic mass is 16.5. The minimum Gasteiger partial charge on any atom is -0.399 e. The SMILES string of the molecule is COCCN1C(=O)Cc2ccc(N)cc2C1=O. The largest absolute Gasteiger partial charge is 0.399 e. The fourth-order valence-corrected chi connectivity index (χ4v) is 1.87. The zero-order chi connectivity index (χ0) is 12.4. The molecule has 17 heavy (non-hydrogen) atoms. The van der Waals surface area contributed by atoms with Gasteiger partial charge in [-0.1, -0.05) is 6.07 Å². The summed E-state index contributed by atoms with van der Waals surface area (Å²) in [5, 5.41) is 0. The molecule has 5 nitrogen and oxygen atoms in total. The summed E-state index contributed by atoms with van der Waals surface area (Å²) in [7, 11) is 1.53. The van der Waals surface area contributed by atoms with Gasteiger partial charge in [-0.25, -0.2) is 0 Å². The van der Waals surface area contributed by atoms with Gasteiger partial charge in [-0.15, -0.1) is 0 Å². The number of fused-ring (bicyclic) bond motifs is 1. The molecule has 1 aliphatic rings. The molecule has 0 unspecified atom stereocenters. The van der Waals surface area contributed by atoms with E-state index in [9.17, 15) is 9.59 Å². The van der Waals surface area contributed by atoms with E-state index in [2.05, 4.69) is 0 Å². The molecule has 2 rings (SSSR count). The normalized spacial score (nSPS) is 15.0. The van der Waals surface area contributed by atoms with Gasteiger partial charge in [0.05, 0.1) is 19.6 Å². The number of nitrogens with zero attached hydrogens (tertiary/aromatic N) is 1. The van der Waals surface area contributed by atoms with Crippen molar-refractivity contribution in [3.63, 3.8) is 0 Å². The van der Waals surface area contributed by atoms with Crippen molar-refractivity contribution in [3.8, 4) is 0 Å². The van der Waals surface area contributed by atoms with Crippen LogP contribution in [0.25, 0.3) is 0 Å². The molecule has 0 atom stereocenters. The highest BCUT2D eigenvalue weighted by Crippen LogP contribution is 2.21. The second kappa shape index (κ2) is 4.55. The lowest BCUT2D eigenvalue weighted by Crippen LogP contribution is -2.43. The maximum absolute atomic E-state index is 12.1. The van der Waals surface area contributed by atoms with Crippen molar-refractivity contribution in [2.45, 2.75) is 6.42 Å². The lowest BCUT2D eigenvalue weighted by atomic mass is 9.98. The van der Waals surface area contributed by atoms with Gasteiger partial charge in [-0.3, -0.25) is 14.5 Å². The van der Waals surface area contributed by atoms with Gasteiger partial charge in [0.15, 0.2) is 0 Å². The zero-order valence-electron chi connectivity index (χ0n) is 9.60. The molecule has 90 valence electrons. The Morgan fingerprint density at radius 2 is 2.18 bits per heavy atom. The second-order valence-electron chi connectivity index (χ2n) is 3.94. The molecule has 0 bridgehead atoms. The number of nitrogens with two attached hydrogens (primary N) is 1. The molecule has 1 aliphatic heterocycles. The molecule has 2 N–H and O–H groups in total. The van der Waals surface area contributed by atoms with Gasteiger partial charge in [0.1, 0.15) is 0 Å². The number of carbonyl (C=O) groups is 2. The van der Waals surface area contributed by atoms with Crippen LogP contribution in [0.4, 0.5) is 5.69 Å². The molecule has 0 saturated carbocycles. The Morgan fingerprint density at radius 1 is 1.41 bits per heavy atom. The molecule has 0 saturated heterocycles. The number of ether oxygens (including phenoxy) is 1. The fourth-order valence-electron chi connectivity index (χ4n) is 1.87. The number of imide groups is 1. The molecule has 0 fully saturated rings. The summed E-state index contributed by atoms with van der Waals surface area (Å²) < 4.78 is 4.88. The Hall–Kier alpha value is -1.88. The number of hydrogen-bond donors (Lipinski definition) is 1. The Kier molecular flexibility index (Phi) is 3.10. The summed E-state index contributed by atoms with van der Waals surface area (Å²) in [5.74, 6) is -0.482. The lowest BCUT2D eigenvalue weighted by Gasteiger charge is -2.26. The fraction of sp³-hybridized carbons (Fsp3) is 0.333. The number of nitrogen functional groups attached to an aromatic ring is 1. The predicted molar refractivity (Wildman–Crippen MR) is 62.5 cm³/mol. The number of hydrogen-bond acceptors (Lipinski definition) is 4. The van der Waals surface area contributed by atoms with Crippen molar-refractivity contribution in [2.75, 3.05) is 26.0 Å². The Morgan fingerprint density at radius 3 is 2.88 bits per heavy atom. The average molecular weight is 234 g/mol. The van der Waals surface area contributed by atoms with Crippen molar-refractivity contribution in [3.05, 3.63) is 29.3 Å². The molecule has 0 aromatic heterocycles. The summed E-state index contributed by atoms with van der Waals surface area (Å²) in [5.41, 5.74) is 7.42. The minimum absolute atomic E-state index is 0.190. The Bertz CT molecular complexity index is 471. The molecule has 1 aromatic rings. The Labute approximate surface area is 99.2 Å². The molecule has 0 aliphatic carbocycles. The lowest BCUT2D eigenvalue weighted by molar-refractivity contribution is -0.128. The molecule has 0 radical (unpaired) electrons. The van der Waals surface area contributed by atoms with E-state index in [1.807, 2.05) is 0 Å². The van der Waals surface area contributed by atoms with Crippen LogP contribution < -0.4 is 5.73 Å². The minimum atomic E-state index is -0.291. The van der Waals surface area contributed by atoms with E-state index >= 15 is 0 Å². The third-order valence-corrected chi connectivity index (χ3v) is 2.77. The van der Waals surface area contributed by atoms with Gasteiger partial charge in [0.25, 0.3) is 5.91 Å². The van der Waals surface area contributed by atoms with Gasteiger partial charge in [-0.05, 0) is 17.7 Å². The van der Waals surface area contributed by atoms with Crippen LogP contribution in [0, 0.1) is 0 Å². The van der Waals surface area contributed by atoms with Crippen LogP contribution in [0.1, 0.15) is 15.9 Å². The van der Waals surface area contributed by atoms with Crippen LogP contribution in [0.15, 0.2) is 18.2 Å². The monoisotopic (exact) mass is 234 g/mol. The van der Waals surface area contributed by atoms with Crippen LogP contribution >= 0.6 is 0 Å². The van der Waals surface area contributed by atoms with E-state index < -0.39 is 0 Å². The summed E-state index contributed by atoms with van der Waals surface area (Å²) in [6.07, 6.45) is 0.241. The van der Waals surface area contributed by atoms with E-state index in [0.717, 1.165) is 5.56 Å². The van der Waals surface area contributed by atoms with Gasteiger partial charge in [0, 0.05) is 18.4 Å². The van der Waals surface area contributed by atoms with Gasteiger partial charge in [0.2, 0.25) is 5.91 Å². The first kappa shape index (κ1) is 11.6. The molecule has 5 heteroatoms. The number of carbonyl (C=O) groups excluding carboxylic acids is 2. The number of anilines is 1. The topological polar surface area (TPSA) is 72.6 Å². The third-order valence-electron chi connectivity index (χ3n) is 2.77. The quantitative estimate of drug-likeness (QED) is 0.608. The van der Waals surface area contributed by atoms with Crippen molar-refractivity contribution in [1.29, 1.82) is 0 Å². The molecular weight excluding hydrogens is 220 g/mol. The van der Waals surface area contributed by atoms with E-state index in [0.29, 0.717) is 17.9 Å². The number of rotatable bonds is 3. The molecule has 0 spiro atoms. The standard InChI is InChI=1S/C12H14N2O3/c1-17-5-4-14-11(15)6-8-2-3-9(13)7-10(8)12(14)16/h2-3,7H,4-6,13H2,1H3. The molecule has 1 aromatic carbocycles. The first-order chi connectivity index (χ1) is 8.13. The van der Waals surface area contributed by atoms with E-state index in [1.165, 1.54) is 12.0 Å². The number of amides is 2. The molecule has 2 amide bonds. The van der Waals surface area contributed by atoms with Crippen LogP contribution in [-0.4, -0.2) is 37.0 Å². The van der Waals surface area contributed by atoms with Crippen molar-refractivity contribution >= 4 is 17.5 Å². The first-order valence-corrected chi connectivity index (χ1v) is 5.35. The Balaban J connectivity index is 2.32. The first-order valence-electron chi connectivity index (χ1n) is 5.35. The zero-order valence-corrected chi connectivity index (χ0v) is 9.60. The van der Waals surface area contributed by atoms with Crippen LogP contribution in [0.3, 0.4) is 0 Å². The van der Waals surface area contributed by atoms with Gasteiger partial charge >= 0.3 is 0 Å². The van der Waals surface area contributed by atoms with E-state index in [-0.39, 0.29) is 24.8 Å². The maximum atomic E-state index is 12.1. The van der Waals surface area contributed by atoms with E-state index in [1.54, 1.807) is 18.2 Å². The summed E-state index contributed by atoms with van der Waals surface area (Å²) in [6, 6.07) is 5.04. The molecule has 1 heterocycles. The summed E-state index contributed by atoms with van der Waals surface area (Å²) in [6.45, 7) is 0.623. The van der Waals surface area contributed by atoms with E-state index in [4.69, 9.17) is 10.5 Å². The van der Waals surface area contributed by atoms with Crippen LogP contribution in [0.2, 0.25) is 0 Å². The van der Waals surface area contributed by atoms with Crippen molar-refractivity contribution < 1.29 is 14.3 Å². The van der Waals surface area contributed by atoms with Crippen LogP contribution in [0.5, 0.6) is 0 Å². The maximum Gasteiger partial charge on any atom is 0.260 e. The average Bonchev–Trinajstić information content (AvgIpc) is 2.30. The highest BCUT2D eigenvalue weighted by Gasteiger charge is 2.30. The summed E-state index contributed by atoms with van der Waals surface area (Å²) in [4.78, 5) is 25.1. The van der Waals surface area contributed by atoms with Crippen LogP contribution in [-0.2, 0) is 16.0 Å². The number of methoxy groups -OCH3 is 1. The van der Waals surface area contributed by atoms with Gasteiger partial charge in [-0.2, -0.15) is 0 Å². The third kappa shape index (κ3) is 2.14. The van der Waals surface area contributed by atoms with Crippen molar-refractivity contribution in [2.24, 2.45) is 0 Å². The molecular formula is C12H14N2O3. The van der Waals surface area contributed by atoms with Crippen molar-refractivity contribution in [1.82, 2.24) is 4.90 Å². The highest BCUT2D eigenvalue weighted by molar-refractivity contribution is 6.10.